The summed E-state index contributed by atoms with van der Waals surface area (Å²) < 4.78 is 25.9. The van der Waals surface area contributed by atoms with Gasteiger partial charge in [0, 0.05) is 23.5 Å². The van der Waals surface area contributed by atoms with Gasteiger partial charge in [0.05, 0.1) is 11.4 Å². The molecule has 0 aliphatic heterocycles. The highest BCUT2D eigenvalue weighted by molar-refractivity contribution is 5.64. The fourth-order valence-electron chi connectivity index (χ4n) is 4.38. The van der Waals surface area contributed by atoms with Crippen LogP contribution < -0.4 is 5.32 Å². The van der Waals surface area contributed by atoms with E-state index >= 15 is 0 Å². The molecule has 0 radical (unpaired) electrons. The molecular weight excluding hydrogens is 410 g/mol. The number of aromatic nitrogens is 3. The highest BCUT2D eigenvalue weighted by atomic mass is 19.3. The van der Waals surface area contributed by atoms with Crippen molar-refractivity contribution in [2.45, 2.75) is 58.0 Å². The van der Waals surface area contributed by atoms with Crippen LogP contribution in [-0.4, -0.2) is 20.1 Å². The van der Waals surface area contributed by atoms with Crippen LogP contribution in [-0.2, 0) is 5.60 Å². The molecule has 1 aliphatic rings. The van der Waals surface area contributed by atoms with Gasteiger partial charge in [0.2, 0.25) is 0 Å². The maximum atomic E-state index is 13.0. The average Bonchev–Trinajstić information content (AvgIpc) is 2.79. The lowest BCUT2D eigenvalue weighted by Gasteiger charge is -2.35. The summed E-state index contributed by atoms with van der Waals surface area (Å²) in [5.41, 5.74) is 2.10. The highest BCUT2D eigenvalue weighted by Gasteiger charge is 2.35. The van der Waals surface area contributed by atoms with E-state index in [0.29, 0.717) is 23.0 Å². The first-order valence-corrected chi connectivity index (χ1v) is 11.0. The molecule has 1 atom stereocenters. The molecule has 0 saturated heterocycles. The third-order valence-corrected chi connectivity index (χ3v) is 6.24. The third-order valence-electron chi connectivity index (χ3n) is 6.24. The van der Waals surface area contributed by atoms with E-state index < -0.39 is 12.0 Å². The molecule has 0 unspecified atom stereocenters. The van der Waals surface area contributed by atoms with Crippen molar-refractivity contribution in [1.82, 2.24) is 15.0 Å². The van der Waals surface area contributed by atoms with Gasteiger partial charge in [-0.15, -0.1) is 0 Å². The molecule has 3 heterocycles. The molecule has 5 nitrogen and oxygen atoms in total. The molecule has 0 bridgehead atoms. The second-order valence-corrected chi connectivity index (χ2v) is 8.73. The standard InChI is InChI=1S/C25H28F2N4O/c1-16-12-20(30-23(13-16)31-22-14-17(24(26)27)10-11-28-22)18-8-9-21(29-15-18)25(2,32)19-6-4-3-5-7-19/h8-15,19,24,32H,3-7H2,1-2H3,(H,28,30,31)/t25-/m1/s1. The lowest BCUT2D eigenvalue weighted by molar-refractivity contribution is -0.0251. The summed E-state index contributed by atoms with van der Waals surface area (Å²) in [6.45, 7) is 3.80. The number of pyridine rings is 3. The van der Waals surface area contributed by atoms with Crippen LogP contribution >= 0.6 is 0 Å². The Morgan fingerprint density at radius 1 is 1.03 bits per heavy atom. The Bertz CT molecular complexity index is 1060. The van der Waals surface area contributed by atoms with Gasteiger partial charge < -0.3 is 10.4 Å². The normalized spacial score (nSPS) is 16.7. The minimum atomic E-state index is -2.56. The number of nitrogens with zero attached hydrogens (tertiary/aromatic N) is 3. The molecular formula is C25H28F2N4O. The number of anilines is 2. The highest BCUT2D eigenvalue weighted by Crippen LogP contribution is 2.38. The van der Waals surface area contributed by atoms with Gasteiger partial charge in [-0.2, -0.15) is 0 Å². The maximum absolute atomic E-state index is 13.0. The zero-order chi connectivity index (χ0) is 22.7. The van der Waals surface area contributed by atoms with Gasteiger partial charge >= 0.3 is 0 Å². The lowest BCUT2D eigenvalue weighted by atomic mass is 9.76. The Kier molecular flexibility index (Phi) is 6.46. The summed E-state index contributed by atoms with van der Waals surface area (Å²) in [6, 6.07) is 10.2. The number of hydrogen-bond donors (Lipinski definition) is 2. The van der Waals surface area contributed by atoms with E-state index in [2.05, 4.69) is 20.3 Å². The third kappa shape index (κ3) is 4.93. The van der Waals surface area contributed by atoms with E-state index in [4.69, 9.17) is 0 Å². The van der Waals surface area contributed by atoms with Gasteiger partial charge in [0.1, 0.15) is 17.2 Å². The molecule has 3 aromatic heterocycles. The van der Waals surface area contributed by atoms with Crippen molar-refractivity contribution < 1.29 is 13.9 Å². The monoisotopic (exact) mass is 438 g/mol. The molecule has 7 heteroatoms. The predicted molar refractivity (Wildman–Crippen MR) is 121 cm³/mol. The van der Waals surface area contributed by atoms with Gasteiger partial charge in [0.25, 0.3) is 6.43 Å². The molecule has 3 aromatic rings. The molecule has 1 aliphatic carbocycles. The summed E-state index contributed by atoms with van der Waals surface area (Å²) in [6.07, 6.45) is 6.09. The molecule has 168 valence electrons. The second kappa shape index (κ2) is 9.28. The van der Waals surface area contributed by atoms with Gasteiger partial charge in [-0.25, -0.2) is 18.7 Å². The minimum absolute atomic E-state index is 0.0971. The Morgan fingerprint density at radius 2 is 1.81 bits per heavy atom. The summed E-state index contributed by atoms with van der Waals surface area (Å²) in [7, 11) is 0. The van der Waals surface area contributed by atoms with Crippen molar-refractivity contribution in [3.63, 3.8) is 0 Å². The fourth-order valence-corrected chi connectivity index (χ4v) is 4.38. The average molecular weight is 439 g/mol. The fraction of sp³-hybridized carbons (Fsp3) is 0.400. The van der Waals surface area contributed by atoms with Crippen molar-refractivity contribution >= 4 is 11.6 Å². The number of rotatable bonds is 6. The van der Waals surface area contributed by atoms with Crippen LogP contribution in [0.15, 0.2) is 48.8 Å². The van der Waals surface area contributed by atoms with Crippen molar-refractivity contribution in [2.24, 2.45) is 5.92 Å². The number of hydrogen-bond acceptors (Lipinski definition) is 5. The zero-order valence-corrected chi connectivity index (χ0v) is 18.4. The predicted octanol–water partition coefficient (Wildman–Crippen LogP) is 6.32. The van der Waals surface area contributed by atoms with E-state index in [1.54, 1.807) is 6.20 Å². The minimum Gasteiger partial charge on any atom is -0.384 e. The molecule has 4 rings (SSSR count). The van der Waals surface area contributed by atoms with E-state index in [0.717, 1.165) is 36.8 Å². The second-order valence-electron chi connectivity index (χ2n) is 8.73. The number of aryl methyl sites for hydroxylation is 1. The topological polar surface area (TPSA) is 70.9 Å². The largest absolute Gasteiger partial charge is 0.384 e. The van der Waals surface area contributed by atoms with Crippen LogP contribution in [0.3, 0.4) is 0 Å². The summed E-state index contributed by atoms with van der Waals surface area (Å²) >= 11 is 0. The molecule has 0 aromatic carbocycles. The molecule has 2 N–H and O–H groups in total. The Balaban J connectivity index is 1.56. The van der Waals surface area contributed by atoms with Gasteiger partial charge in [-0.3, -0.25) is 4.98 Å². The van der Waals surface area contributed by atoms with E-state index in [9.17, 15) is 13.9 Å². The first kappa shape index (κ1) is 22.3. The van der Waals surface area contributed by atoms with Crippen molar-refractivity contribution in [1.29, 1.82) is 0 Å². The van der Waals surface area contributed by atoms with Crippen LogP contribution in [0.5, 0.6) is 0 Å². The molecule has 1 fully saturated rings. The van der Waals surface area contributed by atoms with Crippen LogP contribution in [0.1, 0.15) is 62.3 Å². The SMILES string of the molecule is Cc1cc(Nc2cc(C(F)F)ccn2)nc(-c2ccc([C@](C)(O)C3CCCCC3)nc2)c1. The Hall–Kier alpha value is -2.93. The summed E-state index contributed by atoms with van der Waals surface area (Å²) in [5, 5.41) is 14.2. The number of alkyl halides is 2. The molecule has 1 saturated carbocycles. The first-order chi connectivity index (χ1) is 15.3. The van der Waals surface area contributed by atoms with Crippen LogP contribution in [0.2, 0.25) is 0 Å². The van der Waals surface area contributed by atoms with Crippen molar-refractivity contribution in [3.8, 4) is 11.3 Å². The van der Waals surface area contributed by atoms with Gasteiger partial charge in [0.15, 0.2) is 0 Å². The van der Waals surface area contributed by atoms with Crippen LogP contribution in [0.25, 0.3) is 11.3 Å². The quantitative estimate of drug-likeness (QED) is 0.471. The Morgan fingerprint density at radius 3 is 2.50 bits per heavy atom. The Labute approximate surface area is 187 Å². The zero-order valence-electron chi connectivity index (χ0n) is 18.4. The number of halogens is 2. The molecule has 0 spiro atoms. The summed E-state index contributed by atoms with van der Waals surface area (Å²) in [4.78, 5) is 13.3. The lowest BCUT2D eigenvalue weighted by Crippen LogP contribution is -2.34. The van der Waals surface area contributed by atoms with E-state index in [1.807, 2.05) is 38.1 Å². The summed E-state index contributed by atoms with van der Waals surface area (Å²) in [5.74, 6) is 1.04. The molecule has 32 heavy (non-hydrogen) atoms. The smallest absolute Gasteiger partial charge is 0.264 e. The van der Waals surface area contributed by atoms with Crippen molar-refractivity contribution in [2.75, 3.05) is 5.32 Å². The number of aliphatic hydroxyl groups is 1. The van der Waals surface area contributed by atoms with Gasteiger partial charge in [-0.1, -0.05) is 19.3 Å². The number of nitrogens with one attached hydrogen (secondary N) is 1. The van der Waals surface area contributed by atoms with E-state index in [1.165, 1.54) is 24.8 Å². The van der Waals surface area contributed by atoms with Gasteiger partial charge in [-0.05, 0) is 74.6 Å². The first-order valence-electron chi connectivity index (χ1n) is 11.0. The van der Waals surface area contributed by atoms with Crippen LogP contribution in [0.4, 0.5) is 20.4 Å². The molecule has 0 amide bonds. The van der Waals surface area contributed by atoms with E-state index in [-0.39, 0.29) is 11.5 Å². The van der Waals surface area contributed by atoms with Crippen molar-refractivity contribution in [3.05, 3.63) is 65.6 Å². The maximum Gasteiger partial charge on any atom is 0.264 e. The van der Waals surface area contributed by atoms with Crippen LogP contribution in [0, 0.1) is 12.8 Å².